The first-order chi connectivity index (χ1) is 16.4. The smallest absolute Gasteiger partial charge is 0.341 e. The standard InChI is InChI=1S/C25H20F2N4O3/c26-15-1-3-18(4-2-15)31-14-20(25(33)34)24(32)19-11-21(27)23(12-22(19)31)30-10-7-17(13-30)29-16-5-8-28-9-6-16/h1-5,8-9,11-12,14,17H,6-7,10,13H2,(H,33,34). The van der Waals surface area contributed by atoms with Crippen LogP contribution in [0.5, 0.6) is 0 Å². The maximum Gasteiger partial charge on any atom is 0.341 e. The van der Waals surface area contributed by atoms with Gasteiger partial charge in [0.2, 0.25) is 5.43 Å². The summed E-state index contributed by atoms with van der Waals surface area (Å²) in [6, 6.07) is 8.03. The van der Waals surface area contributed by atoms with E-state index in [-0.39, 0.29) is 11.4 Å². The molecule has 2 aliphatic heterocycles. The van der Waals surface area contributed by atoms with Crippen molar-refractivity contribution in [1.82, 2.24) is 4.57 Å². The second-order valence-corrected chi connectivity index (χ2v) is 8.20. The van der Waals surface area contributed by atoms with Crippen LogP contribution in [0.3, 0.4) is 0 Å². The lowest BCUT2D eigenvalue weighted by Gasteiger charge is -2.21. The SMILES string of the molecule is O=C(O)c1cn(-c2ccc(F)cc2)c2cc(N3CCC(N=C4C=CN=CC4)C3)c(F)cc2c1=O. The Morgan fingerprint density at radius 2 is 1.97 bits per heavy atom. The topological polar surface area (TPSA) is 87.3 Å². The number of fused-ring (bicyclic) bond motifs is 1. The van der Waals surface area contributed by atoms with Gasteiger partial charge < -0.3 is 14.6 Å². The first-order valence-electron chi connectivity index (χ1n) is 10.8. The van der Waals surface area contributed by atoms with Crippen molar-refractivity contribution in [3.05, 3.63) is 82.3 Å². The normalized spacial score (nSPS) is 18.8. The van der Waals surface area contributed by atoms with Crippen molar-refractivity contribution in [1.29, 1.82) is 0 Å². The summed E-state index contributed by atoms with van der Waals surface area (Å²) in [4.78, 5) is 35.1. The number of aromatic nitrogens is 1. The van der Waals surface area contributed by atoms with E-state index in [1.165, 1.54) is 35.0 Å². The predicted molar refractivity (Wildman–Crippen MR) is 127 cm³/mol. The molecule has 9 heteroatoms. The molecule has 34 heavy (non-hydrogen) atoms. The van der Waals surface area contributed by atoms with Crippen LogP contribution in [0.15, 0.2) is 69.7 Å². The van der Waals surface area contributed by atoms with Crippen molar-refractivity contribution < 1.29 is 18.7 Å². The molecule has 1 atom stereocenters. The van der Waals surface area contributed by atoms with Gasteiger partial charge in [-0.25, -0.2) is 13.6 Å². The van der Waals surface area contributed by atoms with E-state index in [2.05, 4.69) is 4.99 Å². The highest BCUT2D eigenvalue weighted by Crippen LogP contribution is 2.30. The quantitative estimate of drug-likeness (QED) is 0.636. The Balaban J connectivity index is 1.59. The number of carboxylic acids is 1. The summed E-state index contributed by atoms with van der Waals surface area (Å²) in [5, 5.41) is 9.44. The molecular formula is C25H20F2N4O3. The number of nitrogens with zero attached hydrogens (tertiary/aromatic N) is 4. The molecule has 1 unspecified atom stereocenters. The number of hydrogen-bond donors (Lipinski definition) is 1. The molecule has 3 heterocycles. The van der Waals surface area contributed by atoms with Crippen molar-refractivity contribution in [3.8, 4) is 5.69 Å². The van der Waals surface area contributed by atoms with E-state index < -0.39 is 28.6 Å². The second kappa shape index (κ2) is 8.66. The van der Waals surface area contributed by atoms with E-state index in [0.29, 0.717) is 36.4 Å². The van der Waals surface area contributed by atoms with Crippen LogP contribution in [0.4, 0.5) is 14.5 Å². The summed E-state index contributed by atoms with van der Waals surface area (Å²) in [5.41, 5.74) is 0.733. The molecule has 0 saturated carbocycles. The van der Waals surface area contributed by atoms with E-state index in [1.54, 1.807) is 18.5 Å². The molecule has 1 N–H and O–H groups in total. The van der Waals surface area contributed by atoms with Gasteiger partial charge in [-0.3, -0.25) is 14.8 Å². The Labute approximate surface area is 193 Å². The number of aromatic carboxylic acids is 1. The number of carbonyl (C=O) groups is 1. The highest BCUT2D eigenvalue weighted by molar-refractivity contribution is 6.04. The minimum atomic E-state index is -1.42. The minimum absolute atomic E-state index is 0.00470. The zero-order chi connectivity index (χ0) is 23.8. The van der Waals surface area contributed by atoms with Gasteiger partial charge in [-0.1, -0.05) is 0 Å². The third-order valence-electron chi connectivity index (χ3n) is 6.02. The molecule has 3 aromatic rings. The number of carboxylic acid groups (broad SMARTS) is 1. The van der Waals surface area contributed by atoms with Crippen LogP contribution < -0.4 is 10.3 Å². The Morgan fingerprint density at radius 3 is 2.68 bits per heavy atom. The maximum atomic E-state index is 15.2. The van der Waals surface area contributed by atoms with Crippen LogP contribution in [0, 0.1) is 11.6 Å². The van der Waals surface area contributed by atoms with Gasteiger partial charge in [-0.2, -0.15) is 0 Å². The van der Waals surface area contributed by atoms with Gasteiger partial charge in [-0.15, -0.1) is 0 Å². The molecule has 0 spiro atoms. The number of allylic oxidation sites excluding steroid dienone is 1. The van der Waals surface area contributed by atoms with E-state index in [0.717, 1.165) is 18.2 Å². The summed E-state index contributed by atoms with van der Waals surface area (Å²) in [6.45, 7) is 1.08. The number of rotatable bonds is 4. The van der Waals surface area contributed by atoms with Crippen molar-refractivity contribution in [2.75, 3.05) is 18.0 Å². The summed E-state index contributed by atoms with van der Waals surface area (Å²) in [7, 11) is 0. The van der Waals surface area contributed by atoms with Crippen LogP contribution in [-0.2, 0) is 0 Å². The Morgan fingerprint density at radius 1 is 1.18 bits per heavy atom. The van der Waals surface area contributed by atoms with Gasteiger partial charge in [0.25, 0.3) is 0 Å². The number of aliphatic imine (C=N–C) groups is 2. The average Bonchev–Trinajstić information content (AvgIpc) is 3.28. The lowest BCUT2D eigenvalue weighted by atomic mass is 10.1. The first kappa shape index (κ1) is 21.7. The summed E-state index contributed by atoms with van der Waals surface area (Å²) in [5.74, 6) is -2.49. The lowest BCUT2D eigenvalue weighted by Crippen LogP contribution is -2.23. The van der Waals surface area contributed by atoms with Crippen LogP contribution in [0.1, 0.15) is 23.2 Å². The molecule has 2 aromatic carbocycles. The number of hydrogen-bond acceptors (Lipinski definition) is 5. The fourth-order valence-corrected chi connectivity index (χ4v) is 4.34. The van der Waals surface area contributed by atoms with Gasteiger partial charge >= 0.3 is 5.97 Å². The van der Waals surface area contributed by atoms with Crippen LogP contribution >= 0.6 is 0 Å². The van der Waals surface area contributed by atoms with E-state index in [4.69, 9.17) is 4.99 Å². The number of halogens is 2. The average molecular weight is 462 g/mol. The van der Waals surface area contributed by atoms with Gasteiger partial charge in [-0.05, 0) is 48.9 Å². The molecule has 7 nitrogen and oxygen atoms in total. The van der Waals surface area contributed by atoms with E-state index in [9.17, 15) is 19.1 Å². The molecule has 0 bridgehead atoms. The Kier molecular flexibility index (Phi) is 5.53. The first-order valence-corrected chi connectivity index (χ1v) is 10.8. The lowest BCUT2D eigenvalue weighted by molar-refractivity contribution is 0.0695. The van der Waals surface area contributed by atoms with Gasteiger partial charge in [0.1, 0.15) is 17.2 Å². The van der Waals surface area contributed by atoms with Crippen molar-refractivity contribution in [3.63, 3.8) is 0 Å². The molecule has 1 aromatic heterocycles. The molecule has 0 amide bonds. The molecule has 1 fully saturated rings. The summed E-state index contributed by atoms with van der Waals surface area (Å²) < 4.78 is 30.2. The molecule has 2 aliphatic rings. The zero-order valence-corrected chi connectivity index (χ0v) is 18.0. The molecule has 0 radical (unpaired) electrons. The molecule has 1 saturated heterocycles. The van der Waals surface area contributed by atoms with Gasteiger partial charge in [0.15, 0.2) is 0 Å². The third kappa shape index (κ3) is 4.00. The van der Waals surface area contributed by atoms with E-state index >= 15 is 4.39 Å². The van der Waals surface area contributed by atoms with Gasteiger partial charge in [0, 0.05) is 54.9 Å². The summed E-state index contributed by atoms with van der Waals surface area (Å²) >= 11 is 0. The third-order valence-corrected chi connectivity index (χ3v) is 6.02. The van der Waals surface area contributed by atoms with E-state index in [1.807, 2.05) is 11.0 Å². The Bertz CT molecular complexity index is 1440. The number of pyridine rings is 1. The maximum absolute atomic E-state index is 15.2. The highest BCUT2D eigenvalue weighted by Gasteiger charge is 2.26. The highest BCUT2D eigenvalue weighted by atomic mass is 19.1. The molecule has 0 aliphatic carbocycles. The monoisotopic (exact) mass is 462 g/mol. The number of benzene rings is 2. The van der Waals surface area contributed by atoms with Crippen molar-refractivity contribution >= 4 is 34.5 Å². The van der Waals surface area contributed by atoms with Crippen molar-refractivity contribution in [2.24, 2.45) is 9.98 Å². The molecule has 172 valence electrons. The number of anilines is 1. The predicted octanol–water partition coefficient (Wildman–Crippen LogP) is 3.98. The van der Waals surface area contributed by atoms with Crippen LogP contribution in [0.2, 0.25) is 0 Å². The van der Waals surface area contributed by atoms with Crippen molar-refractivity contribution in [2.45, 2.75) is 18.9 Å². The second-order valence-electron chi connectivity index (χ2n) is 8.20. The molecular weight excluding hydrogens is 442 g/mol. The van der Waals surface area contributed by atoms with Gasteiger partial charge in [0.05, 0.1) is 17.2 Å². The fourth-order valence-electron chi connectivity index (χ4n) is 4.34. The zero-order valence-electron chi connectivity index (χ0n) is 18.0. The van der Waals surface area contributed by atoms with Crippen LogP contribution in [0.25, 0.3) is 16.6 Å². The Hall–Kier alpha value is -4.14. The van der Waals surface area contributed by atoms with Crippen LogP contribution in [-0.4, -0.2) is 46.7 Å². The largest absolute Gasteiger partial charge is 0.477 e. The molecule has 5 rings (SSSR count). The summed E-state index contributed by atoms with van der Waals surface area (Å²) in [6.07, 6.45) is 7.94. The minimum Gasteiger partial charge on any atom is -0.477 e. The fraction of sp³-hybridized carbons (Fsp3) is 0.200.